The minimum Gasteiger partial charge on any atom is -0.486 e. The van der Waals surface area contributed by atoms with E-state index in [2.05, 4.69) is 0 Å². The lowest BCUT2D eigenvalue weighted by molar-refractivity contribution is 0.171. The quantitative estimate of drug-likeness (QED) is 0.591. The van der Waals surface area contributed by atoms with E-state index in [0.717, 1.165) is 16.4 Å². The fourth-order valence-corrected chi connectivity index (χ4v) is 2.03. The zero-order chi connectivity index (χ0) is 10.7. The van der Waals surface area contributed by atoms with E-state index in [1.165, 1.54) is 11.8 Å². The van der Waals surface area contributed by atoms with Crippen LogP contribution in [0.3, 0.4) is 0 Å². The van der Waals surface area contributed by atoms with Crippen molar-refractivity contribution in [2.45, 2.75) is 10.3 Å². The second-order valence-corrected chi connectivity index (χ2v) is 4.36. The molecule has 4 nitrogen and oxygen atoms in total. The van der Waals surface area contributed by atoms with E-state index < -0.39 is 5.44 Å². The number of aliphatic hydroxyl groups excluding tert-OH is 1. The zero-order valence-electron chi connectivity index (χ0n) is 8.18. The normalized spacial score (nSPS) is 16.1. The van der Waals surface area contributed by atoms with Crippen molar-refractivity contribution < 1.29 is 14.6 Å². The van der Waals surface area contributed by atoms with Gasteiger partial charge in [0.05, 0.1) is 0 Å². The molecule has 1 aliphatic rings. The van der Waals surface area contributed by atoms with Crippen LogP contribution in [0.25, 0.3) is 0 Å². The number of benzene rings is 1. The van der Waals surface area contributed by atoms with Crippen LogP contribution >= 0.6 is 11.8 Å². The molecule has 0 aliphatic carbocycles. The van der Waals surface area contributed by atoms with Gasteiger partial charge in [-0.2, -0.15) is 0 Å². The van der Waals surface area contributed by atoms with Crippen LogP contribution in [-0.2, 0) is 0 Å². The van der Waals surface area contributed by atoms with Crippen LogP contribution in [0.2, 0.25) is 0 Å². The zero-order valence-corrected chi connectivity index (χ0v) is 9.00. The number of hydrogen-bond donors (Lipinski definition) is 2. The van der Waals surface area contributed by atoms with Crippen LogP contribution in [0, 0.1) is 0 Å². The Hall–Kier alpha value is -0.910. The largest absolute Gasteiger partial charge is 0.486 e. The first-order valence-electron chi connectivity index (χ1n) is 4.74. The third-order valence-electron chi connectivity index (χ3n) is 1.99. The molecule has 0 aromatic heterocycles. The lowest BCUT2D eigenvalue weighted by Crippen LogP contribution is -2.16. The van der Waals surface area contributed by atoms with Gasteiger partial charge in [-0.3, -0.25) is 0 Å². The summed E-state index contributed by atoms with van der Waals surface area (Å²) < 4.78 is 10.8. The van der Waals surface area contributed by atoms with Crippen molar-refractivity contribution in [1.82, 2.24) is 0 Å². The summed E-state index contributed by atoms with van der Waals surface area (Å²) in [6.45, 7) is 1.39. The van der Waals surface area contributed by atoms with Crippen LogP contribution in [0.4, 0.5) is 0 Å². The molecule has 1 aromatic carbocycles. The van der Waals surface area contributed by atoms with Gasteiger partial charge in [0.2, 0.25) is 0 Å². The molecule has 0 fully saturated rings. The number of ether oxygens (including phenoxy) is 2. The van der Waals surface area contributed by atoms with Crippen molar-refractivity contribution in [2.75, 3.05) is 19.8 Å². The summed E-state index contributed by atoms with van der Waals surface area (Å²) >= 11 is 1.31. The lowest BCUT2D eigenvalue weighted by atomic mass is 10.3. The first kappa shape index (κ1) is 10.6. The SMILES string of the molecule is NCC(O)Sc1ccc2c(c1)OCCO2. The number of rotatable bonds is 3. The third kappa shape index (κ3) is 2.56. The molecule has 0 radical (unpaired) electrons. The molecule has 1 unspecified atom stereocenters. The average Bonchev–Trinajstić information content (AvgIpc) is 2.29. The van der Waals surface area contributed by atoms with Crippen LogP contribution in [-0.4, -0.2) is 30.3 Å². The van der Waals surface area contributed by atoms with Gasteiger partial charge in [-0.25, -0.2) is 0 Å². The van der Waals surface area contributed by atoms with Gasteiger partial charge >= 0.3 is 0 Å². The number of fused-ring (bicyclic) bond motifs is 1. The summed E-state index contributed by atoms with van der Waals surface area (Å²) in [5.41, 5.74) is 4.75. The molecule has 2 rings (SSSR count). The Morgan fingerprint density at radius 2 is 2.07 bits per heavy atom. The molecule has 82 valence electrons. The number of thioether (sulfide) groups is 1. The molecule has 1 heterocycles. The molecule has 0 saturated carbocycles. The topological polar surface area (TPSA) is 64.7 Å². The fourth-order valence-electron chi connectivity index (χ4n) is 1.30. The molecule has 3 N–H and O–H groups in total. The summed E-state index contributed by atoms with van der Waals surface area (Å²) in [5, 5.41) is 9.38. The second kappa shape index (κ2) is 4.74. The van der Waals surface area contributed by atoms with Crippen molar-refractivity contribution in [2.24, 2.45) is 5.73 Å². The van der Waals surface area contributed by atoms with Gasteiger partial charge in [0.15, 0.2) is 11.5 Å². The first-order chi connectivity index (χ1) is 7.29. The average molecular weight is 227 g/mol. The molecule has 1 aliphatic heterocycles. The predicted molar refractivity (Wildman–Crippen MR) is 58.4 cm³/mol. The molecular weight excluding hydrogens is 214 g/mol. The summed E-state index contributed by atoms with van der Waals surface area (Å²) in [5.74, 6) is 1.49. The van der Waals surface area contributed by atoms with Crippen molar-refractivity contribution >= 4 is 11.8 Å². The fraction of sp³-hybridized carbons (Fsp3) is 0.400. The molecule has 0 bridgehead atoms. The predicted octanol–water partition coefficient (Wildman–Crippen LogP) is 0.827. The van der Waals surface area contributed by atoms with E-state index in [1.807, 2.05) is 18.2 Å². The molecule has 0 saturated heterocycles. The van der Waals surface area contributed by atoms with E-state index >= 15 is 0 Å². The molecule has 0 spiro atoms. The van der Waals surface area contributed by atoms with Crippen molar-refractivity contribution in [3.05, 3.63) is 18.2 Å². The lowest BCUT2D eigenvalue weighted by Gasteiger charge is -2.19. The van der Waals surface area contributed by atoms with E-state index in [9.17, 15) is 5.11 Å². The maximum absolute atomic E-state index is 9.38. The van der Waals surface area contributed by atoms with Crippen molar-refractivity contribution in [3.63, 3.8) is 0 Å². The van der Waals surface area contributed by atoms with E-state index in [0.29, 0.717) is 13.2 Å². The van der Waals surface area contributed by atoms with Gasteiger partial charge in [0, 0.05) is 11.4 Å². The standard InChI is InChI=1S/C10H13NO3S/c11-6-10(12)15-7-1-2-8-9(5-7)14-4-3-13-8/h1-2,5,10,12H,3-4,6,11H2. The summed E-state index contributed by atoms with van der Waals surface area (Å²) in [7, 11) is 0. The van der Waals surface area contributed by atoms with Crippen molar-refractivity contribution in [1.29, 1.82) is 0 Å². The molecule has 1 atom stereocenters. The summed E-state index contributed by atoms with van der Waals surface area (Å²) in [6, 6.07) is 5.59. The highest BCUT2D eigenvalue weighted by Crippen LogP contribution is 2.34. The Kier molecular flexibility index (Phi) is 3.35. The molecule has 1 aromatic rings. The highest BCUT2D eigenvalue weighted by atomic mass is 32.2. The monoisotopic (exact) mass is 227 g/mol. The van der Waals surface area contributed by atoms with Gasteiger partial charge < -0.3 is 20.3 Å². The maximum atomic E-state index is 9.38. The Labute approximate surface area is 92.4 Å². The Morgan fingerprint density at radius 1 is 1.33 bits per heavy atom. The van der Waals surface area contributed by atoms with Gasteiger partial charge in [-0.1, -0.05) is 11.8 Å². The minimum absolute atomic E-state index is 0.235. The van der Waals surface area contributed by atoms with Crippen LogP contribution < -0.4 is 15.2 Å². The highest BCUT2D eigenvalue weighted by molar-refractivity contribution is 7.99. The van der Waals surface area contributed by atoms with Crippen LogP contribution in [0.5, 0.6) is 11.5 Å². The van der Waals surface area contributed by atoms with Gasteiger partial charge in [0.25, 0.3) is 0 Å². The van der Waals surface area contributed by atoms with Gasteiger partial charge in [-0.05, 0) is 18.2 Å². The number of nitrogens with two attached hydrogens (primary N) is 1. The molecular formula is C10H13NO3S. The molecule has 15 heavy (non-hydrogen) atoms. The van der Waals surface area contributed by atoms with E-state index in [4.69, 9.17) is 15.2 Å². The Morgan fingerprint density at radius 3 is 2.80 bits per heavy atom. The third-order valence-corrected chi connectivity index (χ3v) is 2.98. The Bertz CT molecular complexity index is 345. The van der Waals surface area contributed by atoms with Crippen molar-refractivity contribution in [3.8, 4) is 11.5 Å². The van der Waals surface area contributed by atoms with Crippen LogP contribution in [0.1, 0.15) is 0 Å². The summed E-state index contributed by atoms with van der Waals surface area (Å²) in [6.07, 6.45) is 0. The van der Waals surface area contributed by atoms with Gasteiger partial charge in [-0.15, -0.1) is 0 Å². The van der Waals surface area contributed by atoms with Gasteiger partial charge in [0.1, 0.15) is 18.6 Å². The molecule has 0 amide bonds. The first-order valence-corrected chi connectivity index (χ1v) is 5.62. The summed E-state index contributed by atoms with van der Waals surface area (Å²) in [4.78, 5) is 0.928. The van der Waals surface area contributed by atoms with Crippen LogP contribution in [0.15, 0.2) is 23.1 Å². The smallest absolute Gasteiger partial charge is 0.162 e. The van der Waals surface area contributed by atoms with E-state index in [1.54, 1.807) is 0 Å². The number of aliphatic hydroxyl groups is 1. The van der Waals surface area contributed by atoms with E-state index in [-0.39, 0.29) is 6.54 Å². The number of hydrogen-bond acceptors (Lipinski definition) is 5. The second-order valence-electron chi connectivity index (χ2n) is 3.11. The molecule has 5 heteroatoms. The maximum Gasteiger partial charge on any atom is 0.162 e. The minimum atomic E-state index is -0.576. The Balaban J connectivity index is 2.13. The highest BCUT2D eigenvalue weighted by Gasteiger charge is 2.13.